The molecule has 4 amide bonds. The van der Waals surface area contributed by atoms with Gasteiger partial charge in [-0.1, -0.05) is 70.2 Å². The van der Waals surface area contributed by atoms with Crippen molar-refractivity contribution < 1.29 is 28.7 Å². The van der Waals surface area contributed by atoms with Crippen molar-refractivity contribution in [3.8, 4) is 0 Å². The van der Waals surface area contributed by atoms with Crippen LogP contribution in [-0.2, 0) is 35.1 Å². The number of nitrogens with one attached hydrogen (secondary N) is 3. The van der Waals surface area contributed by atoms with E-state index in [0.717, 1.165) is 5.56 Å². The van der Waals surface area contributed by atoms with Crippen molar-refractivity contribution in [2.24, 2.45) is 11.8 Å². The Morgan fingerprint density at radius 1 is 0.902 bits per heavy atom. The van der Waals surface area contributed by atoms with Gasteiger partial charge in [0, 0.05) is 19.4 Å². The summed E-state index contributed by atoms with van der Waals surface area (Å²) < 4.78 is 5.41. The fourth-order valence-electron chi connectivity index (χ4n) is 5.16. The Hall–Kier alpha value is -3.69. The molecular weight excluding hydrogens is 524 g/mol. The van der Waals surface area contributed by atoms with Gasteiger partial charge in [-0.15, -0.1) is 0 Å². The minimum atomic E-state index is -0.979. The largest absolute Gasteiger partial charge is 0.460 e. The number of allylic oxidation sites excluding steroid dienone is 1. The average molecular weight is 569 g/mol. The zero-order chi connectivity index (χ0) is 29.9. The van der Waals surface area contributed by atoms with Gasteiger partial charge in [0.05, 0.1) is 0 Å². The lowest BCUT2D eigenvalue weighted by Gasteiger charge is -2.31. The van der Waals surface area contributed by atoms with Gasteiger partial charge in [-0.3, -0.25) is 19.2 Å². The van der Waals surface area contributed by atoms with E-state index >= 15 is 0 Å². The molecule has 2 aliphatic rings. The topological polar surface area (TPSA) is 134 Å². The molecule has 1 aromatic rings. The second kappa shape index (κ2) is 15.3. The molecular formula is C31H44N4O6. The minimum Gasteiger partial charge on any atom is -0.460 e. The van der Waals surface area contributed by atoms with Crippen molar-refractivity contribution in [3.05, 3.63) is 48.0 Å². The van der Waals surface area contributed by atoms with Crippen LogP contribution in [0.2, 0.25) is 0 Å². The number of ether oxygens (including phenoxy) is 1. The lowest BCUT2D eigenvalue weighted by Crippen LogP contribution is -2.58. The highest BCUT2D eigenvalue weighted by Gasteiger charge is 2.40. The fourth-order valence-corrected chi connectivity index (χ4v) is 5.16. The number of amides is 4. The summed E-state index contributed by atoms with van der Waals surface area (Å²) in [6.45, 7) is 7.98. The lowest BCUT2D eigenvalue weighted by molar-refractivity contribution is -0.147. The summed E-state index contributed by atoms with van der Waals surface area (Å²) in [5.74, 6) is -2.17. The van der Waals surface area contributed by atoms with Gasteiger partial charge < -0.3 is 25.6 Å². The summed E-state index contributed by atoms with van der Waals surface area (Å²) in [7, 11) is 0. The normalized spacial score (nSPS) is 26.3. The fraction of sp³-hybridized carbons (Fsp3) is 0.581. The Morgan fingerprint density at radius 3 is 2.29 bits per heavy atom. The lowest BCUT2D eigenvalue weighted by atomic mass is 10.0. The Balaban J connectivity index is 1.93. The first-order valence-corrected chi connectivity index (χ1v) is 14.6. The Labute approximate surface area is 242 Å². The number of benzene rings is 1. The molecule has 2 heterocycles. The maximum absolute atomic E-state index is 13.6. The predicted molar refractivity (Wildman–Crippen MR) is 154 cm³/mol. The molecule has 0 radical (unpaired) electrons. The molecule has 0 aromatic heterocycles. The maximum atomic E-state index is 13.6. The third kappa shape index (κ3) is 9.43. The quantitative estimate of drug-likeness (QED) is 0.369. The van der Waals surface area contributed by atoms with E-state index in [2.05, 4.69) is 16.0 Å². The van der Waals surface area contributed by atoms with Gasteiger partial charge in [-0.05, 0) is 43.1 Å². The van der Waals surface area contributed by atoms with E-state index in [0.29, 0.717) is 32.2 Å². The minimum absolute atomic E-state index is 0.00115. The Morgan fingerprint density at radius 2 is 1.61 bits per heavy atom. The smallest absolute Gasteiger partial charge is 0.328 e. The molecule has 10 nitrogen and oxygen atoms in total. The zero-order valence-electron chi connectivity index (χ0n) is 24.6. The number of carbonyl (C=O) groups is 5. The molecule has 0 unspecified atom stereocenters. The van der Waals surface area contributed by atoms with Gasteiger partial charge in [-0.2, -0.15) is 0 Å². The molecule has 2 aliphatic heterocycles. The van der Waals surface area contributed by atoms with Gasteiger partial charge >= 0.3 is 5.97 Å². The van der Waals surface area contributed by atoms with Crippen LogP contribution in [-0.4, -0.2) is 71.8 Å². The highest BCUT2D eigenvalue weighted by atomic mass is 16.5. The van der Waals surface area contributed by atoms with E-state index in [1.807, 2.05) is 58.0 Å². The van der Waals surface area contributed by atoms with Crippen molar-refractivity contribution >= 4 is 29.6 Å². The van der Waals surface area contributed by atoms with Crippen LogP contribution in [0.5, 0.6) is 0 Å². The molecule has 0 bridgehead atoms. The molecule has 4 atom stereocenters. The van der Waals surface area contributed by atoms with Crippen LogP contribution in [0, 0.1) is 11.8 Å². The summed E-state index contributed by atoms with van der Waals surface area (Å²) in [5.41, 5.74) is 0.835. The van der Waals surface area contributed by atoms with Crippen molar-refractivity contribution in [1.82, 2.24) is 20.9 Å². The molecule has 224 valence electrons. The van der Waals surface area contributed by atoms with Gasteiger partial charge in [-0.25, -0.2) is 4.79 Å². The molecule has 3 N–H and O–H groups in total. The van der Waals surface area contributed by atoms with E-state index < -0.39 is 42.0 Å². The third-order valence-corrected chi connectivity index (χ3v) is 7.34. The summed E-state index contributed by atoms with van der Waals surface area (Å²) in [4.78, 5) is 67.9. The molecule has 1 fully saturated rings. The van der Waals surface area contributed by atoms with E-state index in [-0.39, 0.29) is 43.1 Å². The molecule has 0 saturated carbocycles. The molecule has 1 aromatic carbocycles. The van der Waals surface area contributed by atoms with Crippen LogP contribution in [0.3, 0.4) is 0 Å². The van der Waals surface area contributed by atoms with Crippen molar-refractivity contribution in [3.63, 3.8) is 0 Å². The van der Waals surface area contributed by atoms with E-state index in [1.165, 1.54) is 4.90 Å². The molecule has 41 heavy (non-hydrogen) atoms. The monoisotopic (exact) mass is 568 g/mol. The molecule has 0 aliphatic carbocycles. The van der Waals surface area contributed by atoms with Crippen LogP contribution >= 0.6 is 0 Å². The van der Waals surface area contributed by atoms with Crippen LogP contribution in [0.4, 0.5) is 0 Å². The second-order valence-corrected chi connectivity index (χ2v) is 11.6. The first kappa shape index (κ1) is 31.8. The number of fused-ring (bicyclic) bond motifs is 1. The molecule has 3 rings (SSSR count). The summed E-state index contributed by atoms with van der Waals surface area (Å²) in [5, 5.41) is 8.52. The summed E-state index contributed by atoms with van der Waals surface area (Å²) in [6.07, 6.45) is 5.62. The van der Waals surface area contributed by atoms with Crippen LogP contribution in [0.15, 0.2) is 42.5 Å². The van der Waals surface area contributed by atoms with Gasteiger partial charge in [0.1, 0.15) is 30.8 Å². The second-order valence-electron chi connectivity index (χ2n) is 11.6. The molecule has 10 heteroatoms. The summed E-state index contributed by atoms with van der Waals surface area (Å²) in [6, 6.07) is 5.87. The number of nitrogens with zero attached hydrogens (tertiary/aromatic N) is 1. The van der Waals surface area contributed by atoms with Crippen LogP contribution < -0.4 is 16.0 Å². The Kier molecular flexibility index (Phi) is 11.9. The van der Waals surface area contributed by atoms with Gasteiger partial charge in [0.15, 0.2) is 0 Å². The number of hydrogen-bond donors (Lipinski definition) is 3. The molecule has 1 saturated heterocycles. The standard InChI is InChI=1S/C31H44N4O6/c1-20(2)18-24-31(40)41-17-10-6-9-15-26(36)34-27(21(3)4)30(39)35-16-11-14-25(35)29(38)32-23(28(37)33-24)19-22-12-7-5-8-13-22/h5-8,10,12-13,20-21,23-25,27H,9,11,14-19H2,1-4H3,(H,32,38)(H,33,37)(H,34,36)/b10-6+/t23-,24-,25+,27+/m1/s1. The first-order valence-electron chi connectivity index (χ1n) is 14.6. The number of esters is 1. The molecule has 0 spiro atoms. The summed E-state index contributed by atoms with van der Waals surface area (Å²) >= 11 is 0. The number of cyclic esters (lactones) is 1. The van der Waals surface area contributed by atoms with E-state index in [9.17, 15) is 24.0 Å². The van der Waals surface area contributed by atoms with Crippen LogP contribution in [0.1, 0.15) is 65.4 Å². The van der Waals surface area contributed by atoms with Crippen LogP contribution in [0.25, 0.3) is 0 Å². The average Bonchev–Trinajstić information content (AvgIpc) is 3.42. The SMILES string of the molecule is CC(C)C[C@H]1NC(=O)[C@@H](Cc2ccccc2)NC(=O)[C@@H]2CCCN2C(=O)[C@H](C(C)C)NC(=O)CC/C=C/COC1=O. The highest BCUT2D eigenvalue weighted by molar-refractivity contribution is 5.95. The van der Waals surface area contributed by atoms with Gasteiger partial charge in [0.2, 0.25) is 23.6 Å². The zero-order valence-corrected chi connectivity index (χ0v) is 24.6. The third-order valence-electron chi connectivity index (χ3n) is 7.34. The maximum Gasteiger partial charge on any atom is 0.328 e. The highest BCUT2D eigenvalue weighted by Crippen LogP contribution is 2.21. The first-order chi connectivity index (χ1) is 19.6. The van der Waals surface area contributed by atoms with Crippen molar-refractivity contribution in [1.29, 1.82) is 0 Å². The predicted octanol–water partition coefficient (Wildman–Crippen LogP) is 2.27. The number of hydrogen-bond acceptors (Lipinski definition) is 6. The Bertz CT molecular complexity index is 1100. The number of rotatable bonds is 5. The van der Waals surface area contributed by atoms with Crippen molar-refractivity contribution in [2.45, 2.75) is 90.4 Å². The van der Waals surface area contributed by atoms with Gasteiger partial charge in [0.25, 0.3) is 0 Å². The number of carbonyl (C=O) groups excluding carboxylic acids is 5. The van der Waals surface area contributed by atoms with Crippen molar-refractivity contribution in [2.75, 3.05) is 13.2 Å². The van der Waals surface area contributed by atoms with E-state index in [4.69, 9.17) is 4.74 Å². The van der Waals surface area contributed by atoms with E-state index in [1.54, 1.807) is 12.2 Å².